The molecule has 0 fully saturated rings. The van der Waals surface area contributed by atoms with Gasteiger partial charge in [-0.2, -0.15) is 0 Å². The van der Waals surface area contributed by atoms with Gasteiger partial charge in [-0.3, -0.25) is 28.8 Å². The number of unbranched alkanes of at least 4 members (excludes halogenated alkanes) is 11. The minimum Gasteiger partial charge on any atom is -0.481 e. The summed E-state index contributed by atoms with van der Waals surface area (Å²) < 4.78 is 11.1. The normalized spacial score (nSPS) is 11.7. The summed E-state index contributed by atoms with van der Waals surface area (Å²) in [4.78, 5) is 78.1. The van der Waals surface area contributed by atoms with Crippen LogP contribution < -0.4 is 26.6 Å². The van der Waals surface area contributed by atoms with Gasteiger partial charge in [0.05, 0.1) is 0 Å². The van der Waals surface area contributed by atoms with Crippen LogP contribution in [0.15, 0.2) is 0 Å². The highest BCUT2D eigenvalue weighted by molar-refractivity contribution is 5.84. The number of hydrogen-bond acceptors (Lipinski definition) is 10. The molecular formula is C42H79N5O12. The summed E-state index contributed by atoms with van der Waals surface area (Å²) in [6.45, 7) is 7.97. The van der Waals surface area contributed by atoms with E-state index in [1.807, 2.05) is 6.92 Å². The number of nitrogens with one attached hydrogen (secondary N) is 5. The second-order valence-corrected chi connectivity index (χ2v) is 14.5. The average molecular weight is 846 g/mol. The summed E-state index contributed by atoms with van der Waals surface area (Å²) >= 11 is 0. The molecule has 59 heavy (non-hydrogen) atoms. The van der Waals surface area contributed by atoms with Crippen molar-refractivity contribution in [1.82, 2.24) is 26.6 Å². The van der Waals surface area contributed by atoms with Crippen molar-refractivity contribution in [3.8, 4) is 0 Å². The lowest BCUT2D eigenvalue weighted by Gasteiger charge is -2.14. The van der Waals surface area contributed by atoms with E-state index in [0.29, 0.717) is 78.0 Å². The van der Waals surface area contributed by atoms with Gasteiger partial charge in [0.2, 0.25) is 23.6 Å². The van der Waals surface area contributed by atoms with Crippen LogP contribution in [0.25, 0.3) is 0 Å². The Kier molecular flexibility index (Phi) is 41.1. The Labute approximate surface area is 352 Å². The number of aliphatic carboxylic acids is 3. The maximum Gasteiger partial charge on any atom is 0.326 e. The number of carboxylic acid groups (broad SMARTS) is 3. The zero-order chi connectivity index (χ0) is 44.4. The third-order valence-corrected chi connectivity index (χ3v) is 9.27. The number of likely N-dealkylation sites (N-methyl/N-ethyl adjacent to an activating group) is 1. The molecule has 4 amide bonds. The minimum absolute atomic E-state index is 0.00473. The molecule has 0 rings (SSSR count). The van der Waals surface area contributed by atoms with Crippen molar-refractivity contribution in [1.29, 1.82) is 0 Å². The zero-order valence-corrected chi connectivity index (χ0v) is 36.4. The first kappa shape index (κ1) is 57.3. The van der Waals surface area contributed by atoms with Crippen LogP contribution in [0, 0.1) is 0 Å². The first-order chi connectivity index (χ1) is 28.4. The molecular weight excluding hydrogens is 766 g/mol. The monoisotopic (exact) mass is 846 g/mol. The Hall–Kier alpha value is -3.83. The molecule has 0 aliphatic carbocycles. The van der Waals surface area contributed by atoms with Crippen LogP contribution in [0.1, 0.15) is 162 Å². The third kappa shape index (κ3) is 42.1. The molecule has 0 radical (unpaired) electrons. The van der Waals surface area contributed by atoms with Crippen LogP contribution in [0.3, 0.4) is 0 Å². The number of carbonyl (C=O) groups excluding carboxylic acids is 4. The van der Waals surface area contributed by atoms with Gasteiger partial charge in [0, 0.05) is 78.2 Å². The van der Waals surface area contributed by atoms with E-state index < -0.39 is 30.0 Å². The van der Waals surface area contributed by atoms with Crippen LogP contribution in [0.2, 0.25) is 0 Å². The summed E-state index contributed by atoms with van der Waals surface area (Å²) in [6.07, 6.45) is 18.0. The van der Waals surface area contributed by atoms with Crippen molar-refractivity contribution in [3.63, 3.8) is 0 Å². The average Bonchev–Trinajstić information content (AvgIpc) is 3.20. The van der Waals surface area contributed by atoms with Crippen molar-refractivity contribution in [2.24, 2.45) is 0 Å². The Morgan fingerprint density at radius 1 is 0.441 bits per heavy atom. The Bertz CT molecular complexity index is 1130. The lowest BCUT2D eigenvalue weighted by Crippen LogP contribution is -2.41. The van der Waals surface area contributed by atoms with Crippen molar-refractivity contribution in [3.05, 3.63) is 0 Å². The maximum absolute atomic E-state index is 11.9. The quantitative estimate of drug-likeness (QED) is 0.0390. The summed E-state index contributed by atoms with van der Waals surface area (Å²) in [5.41, 5.74) is 0. The molecule has 0 aromatic rings. The molecule has 344 valence electrons. The second kappa shape index (κ2) is 42.3. The molecule has 0 aliphatic rings. The second-order valence-electron chi connectivity index (χ2n) is 14.5. The van der Waals surface area contributed by atoms with E-state index in [4.69, 9.17) is 24.8 Å². The predicted molar refractivity (Wildman–Crippen MR) is 226 cm³/mol. The molecule has 0 saturated carbocycles. The van der Waals surface area contributed by atoms with Gasteiger partial charge in [0.15, 0.2) is 0 Å². The van der Waals surface area contributed by atoms with Gasteiger partial charge in [-0.1, -0.05) is 65.2 Å². The summed E-state index contributed by atoms with van der Waals surface area (Å²) in [6, 6.07) is -1.67. The van der Waals surface area contributed by atoms with Gasteiger partial charge in [-0.15, -0.1) is 0 Å². The third-order valence-electron chi connectivity index (χ3n) is 9.27. The smallest absolute Gasteiger partial charge is 0.326 e. The minimum atomic E-state index is -1.17. The molecule has 0 saturated heterocycles. The van der Waals surface area contributed by atoms with E-state index in [9.17, 15) is 33.6 Å². The fourth-order valence-electron chi connectivity index (χ4n) is 5.62. The summed E-state index contributed by atoms with van der Waals surface area (Å²) in [5.74, 6) is -3.22. The van der Waals surface area contributed by atoms with Gasteiger partial charge >= 0.3 is 17.9 Å². The van der Waals surface area contributed by atoms with E-state index in [1.165, 1.54) is 32.1 Å². The lowest BCUT2D eigenvalue weighted by atomic mass is 10.1. The number of rotatable bonds is 40. The topological polar surface area (TPSA) is 259 Å². The number of carbonyl (C=O) groups is 7. The zero-order valence-electron chi connectivity index (χ0n) is 36.4. The highest BCUT2D eigenvalue weighted by Crippen LogP contribution is 2.12. The number of ether oxygens (including phenoxy) is 2. The fraction of sp³-hybridized carbons (Fsp3) is 0.833. The van der Waals surface area contributed by atoms with Gasteiger partial charge in [-0.05, 0) is 71.3 Å². The molecule has 0 aromatic carbocycles. The van der Waals surface area contributed by atoms with E-state index in [1.54, 1.807) is 14.0 Å². The van der Waals surface area contributed by atoms with Crippen LogP contribution in [-0.2, 0) is 43.0 Å². The van der Waals surface area contributed by atoms with Crippen molar-refractivity contribution >= 4 is 41.5 Å². The molecule has 0 spiro atoms. The van der Waals surface area contributed by atoms with E-state index in [2.05, 4.69) is 26.6 Å². The van der Waals surface area contributed by atoms with Gasteiger partial charge < -0.3 is 51.4 Å². The van der Waals surface area contributed by atoms with Crippen molar-refractivity contribution in [2.75, 3.05) is 53.1 Å². The lowest BCUT2D eigenvalue weighted by molar-refractivity contribution is -0.142. The largest absolute Gasteiger partial charge is 0.481 e. The number of carboxylic acids is 3. The summed E-state index contributed by atoms with van der Waals surface area (Å²) in [5, 5.41) is 39.9. The maximum atomic E-state index is 11.9. The first-order valence-corrected chi connectivity index (χ1v) is 22.0. The standard InChI is InChI=1S/C27H52N2O6.C15H27N3O6/c1-2-25(30)28-19-15-23-34-21-13-14-22-35-24-16-20-29-26(31)17-11-9-7-5-3-4-6-8-10-12-18-27(32)33;1-3-12(19)18-11(15(23)24)7-8-13(20)17-9-5-4-6-10(16-2)14(21)22/h2-24H2,1H3,(H,28,30)(H,29,31)(H,32,33);10-11,16H,3-9H2,1-2H3,(H,17,20)(H,18,19)(H,21,22)(H,23,24)/t;10-,11-/m.0/s1. The van der Waals surface area contributed by atoms with E-state index in [0.717, 1.165) is 64.4 Å². The van der Waals surface area contributed by atoms with Crippen LogP contribution in [-0.4, -0.2) is 122 Å². The molecule has 17 nitrogen and oxygen atoms in total. The first-order valence-electron chi connectivity index (χ1n) is 22.0. The Morgan fingerprint density at radius 2 is 0.864 bits per heavy atom. The van der Waals surface area contributed by atoms with Crippen LogP contribution >= 0.6 is 0 Å². The SMILES string of the molecule is CCC(=O)NCCCOCCCCOCCCNC(=O)CCCCCCCCCCCCC(=O)O.CCC(=O)N[C@@H](CCC(=O)NCCCC[C@H](NC)C(=O)O)C(=O)O. The van der Waals surface area contributed by atoms with Crippen molar-refractivity contribution < 1.29 is 58.4 Å². The summed E-state index contributed by atoms with van der Waals surface area (Å²) in [7, 11) is 1.58. The predicted octanol–water partition coefficient (Wildman–Crippen LogP) is 4.69. The Morgan fingerprint density at radius 3 is 1.32 bits per heavy atom. The van der Waals surface area contributed by atoms with Crippen LogP contribution in [0.5, 0.6) is 0 Å². The fourth-order valence-corrected chi connectivity index (χ4v) is 5.62. The molecule has 2 atom stereocenters. The van der Waals surface area contributed by atoms with Gasteiger partial charge in [0.1, 0.15) is 12.1 Å². The molecule has 0 unspecified atom stereocenters. The molecule has 0 aromatic heterocycles. The highest BCUT2D eigenvalue weighted by atomic mass is 16.5. The molecule has 0 aliphatic heterocycles. The van der Waals surface area contributed by atoms with E-state index >= 15 is 0 Å². The Balaban J connectivity index is 0. The number of amides is 4. The molecule has 0 bridgehead atoms. The number of hydrogen-bond donors (Lipinski definition) is 8. The van der Waals surface area contributed by atoms with Crippen LogP contribution in [0.4, 0.5) is 0 Å². The van der Waals surface area contributed by atoms with E-state index in [-0.39, 0.29) is 42.9 Å². The molecule has 0 heterocycles. The van der Waals surface area contributed by atoms with Gasteiger partial charge in [-0.25, -0.2) is 4.79 Å². The highest BCUT2D eigenvalue weighted by Gasteiger charge is 2.20. The molecule has 8 N–H and O–H groups in total. The molecule has 17 heteroatoms. The van der Waals surface area contributed by atoms with Gasteiger partial charge in [0.25, 0.3) is 0 Å². The van der Waals surface area contributed by atoms with Crippen molar-refractivity contribution in [2.45, 2.75) is 174 Å².